The Balaban J connectivity index is 3.19. The second-order valence-corrected chi connectivity index (χ2v) is 3.02. The van der Waals surface area contributed by atoms with Crippen LogP contribution < -0.4 is 0 Å². The molecule has 0 heterocycles. The van der Waals surface area contributed by atoms with Crippen LogP contribution in [0.1, 0.15) is 11.7 Å². The van der Waals surface area contributed by atoms with Crippen LogP contribution in [0.25, 0.3) is 0 Å². The quantitative estimate of drug-likeness (QED) is 0.773. The van der Waals surface area contributed by atoms with Gasteiger partial charge in [-0.05, 0) is 12.1 Å². The molecule has 0 aliphatic rings. The summed E-state index contributed by atoms with van der Waals surface area (Å²) in [5.74, 6) is -0.678. The van der Waals surface area contributed by atoms with Crippen molar-refractivity contribution in [2.75, 3.05) is 0 Å². The number of alkyl halides is 3. The van der Waals surface area contributed by atoms with E-state index in [0.717, 1.165) is 12.1 Å². The maximum Gasteiger partial charge on any atom is 0.418 e. The van der Waals surface area contributed by atoms with Crippen LogP contribution in [0.5, 0.6) is 5.75 Å². The van der Waals surface area contributed by atoms with Gasteiger partial charge in [0, 0.05) is 0 Å². The van der Waals surface area contributed by atoms with E-state index in [4.69, 9.17) is 21.8 Å². The highest BCUT2D eigenvalue weighted by Gasteiger charge is 2.41. The van der Waals surface area contributed by atoms with Crippen LogP contribution in [0, 0.1) is 0 Å². The van der Waals surface area contributed by atoms with E-state index in [0.29, 0.717) is 0 Å². The largest absolute Gasteiger partial charge is 0.508 e. The summed E-state index contributed by atoms with van der Waals surface area (Å²) >= 11 is 5.41. The second-order valence-electron chi connectivity index (χ2n) is 2.62. The number of phenols is 1. The molecule has 0 fully saturated rings. The fourth-order valence-electron chi connectivity index (χ4n) is 0.960. The Labute approximate surface area is 82.5 Å². The summed E-state index contributed by atoms with van der Waals surface area (Å²) in [7, 11) is 0. The summed E-state index contributed by atoms with van der Waals surface area (Å²) in [6.45, 7) is 0. The van der Waals surface area contributed by atoms with Gasteiger partial charge in [-0.3, -0.25) is 0 Å². The molecule has 0 aliphatic heterocycles. The summed E-state index contributed by atoms with van der Waals surface area (Å²) < 4.78 is 36.2. The number of hydrogen-bond donors (Lipinski definition) is 2. The standard InChI is InChI=1S/C8H6ClF3O2/c9-4-2-1-3-5(13)6(4)7(14)8(10,11)12/h1-3,7,13-14H. The zero-order valence-electron chi connectivity index (χ0n) is 6.72. The minimum absolute atomic E-state index is 0.324. The molecular formula is C8H6ClF3O2. The molecule has 1 aromatic carbocycles. The molecule has 2 N–H and O–H groups in total. The molecule has 0 bridgehead atoms. The van der Waals surface area contributed by atoms with Gasteiger partial charge in [0.1, 0.15) is 5.75 Å². The first-order valence-electron chi connectivity index (χ1n) is 3.56. The minimum atomic E-state index is -4.84. The van der Waals surface area contributed by atoms with Crippen LogP contribution in [-0.4, -0.2) is 16.4 Å². The minimum Gasteiger partial charge on any atom is -0.508 e. The molecule has 0 saturated carbocycles. The first kappa shape index (κ1) is 11.1. The average molecular weight is 227 g/mol. The molecule has 0 aromatic heterocycles. The van der Waals surface area contributed by atoms with Crippen molar-refractivity contribution in [3.05, 3.63) is 28.8 Å². The van der Waals surface area contributed by atoms with E-state index in [9.17, 15) is 13.2 Å². The van der Waals surface area contributed by atoms with Crippen molar-refractivity contribution in [3.63, 3.8) is 0 Å². The van der Waals surface area contributed by atoms with E-state index in [1.807, 2.05) is 0 Å². The lowest BCUT2D eigenvalue weighted by atomic mass is 10.1. The monoisotopic (exact) mass is 226 g/mol. The van der Waals surface area contributed by atoms with E-state index < -0.39 is 23.6 Å². The van der Waals surface area contributed by atoms with Gasteiger partial charge in [-0.2, -0.15) is 13.2 Å². The van der Waals surface area contributed by atoms with Crippen molar-refractivity contribution in [2.45, 2.75) is 12.3 Å². The third kappa shape index (κ3) is 2.10. The number of benzene rings is 1. The first-order valence-corrected chi connectivity index (χ1v) is 3.94. The van der Waals surface area contributed by atoms with Crippen molar-refractivity contribution >= 4 is 11.6 Å². The summed E-state index contributed by atoms with van der Waals surface area (Å²) in [4.78, 5) is 0. The number of phenolic OH excluding ortho intramolecular Hbond substituents is 1. The molecule has 0 radical (unpaired) electrons. The molecule has 0 aliphatic carbocycles. The average Bonchev–Trinajstić information content (AvgIpc) is 2.01. The zero-order chi connectivity index (χ0) is 10.9. The summed E-state index contributed by atoms with van der Waals surface area (Å²) in [5, 5.41) is 17.6. The lowest BCUT2D eigenvalue weighted by molar-refractivity contribution is -0.207. The Morgan fingerprint density at radius 2 is 1.86 bits per heavy atom. The number of halogens is 4. The molecule has 0 amide bonds. The van der Waals surface area contributed by atoms with Crippen LogP contribution in [0.4, 0.5) is 13.2 Å². The third-order valence-electron chi connectivity index (χ3n) is 1.61. The van der Waals surface area contributed by atoms with Gasteiger partial charge in [-0.25, -0.2) is 0 Å². The molecule has 14 heavy (non-hydrogen) atoms. The van der Waals surface area contributed by atoms with Crippen LogP contribution in [0.15, 0.2) is 18.2 Å². The maximum atomic E-state index is 12.1. The predicted molar refractivity (Wildman–Crippen MR) is 44.1 cm³/mol. The second kappa shape index (κ2) is 3.67. The lowest BCUT2D eigenvalue weighted by Crippen LogP contribution is -2.20. The fourth-order valence-corrected chi connectivity index (χ4v) is 1.23. The van der Waals surface area contributed by atoms with Gasteiger partial charge in [0.25, 0.3) is 0 Å². The van der Waals surface area contributed by atoms with Crippen LogP contribution >= 0.6 is 11.6 Å². The fraction of sp³-hybridized carbons (Fsp3) is 0.250. The molecule has 1 aromatic rings. The maximum absolute atomic E-state index is 12.1. The van der Waals surface area contributed by atoms with E-state index in [1.165, 1.54) is 6.07 Å². The Morgan fingerprint density at radius 3 is 2.29 bits per heavy atom. The topological polar surface area (TPSA) is 40.5 Å². The summed E-state index contributed by atoms with van der Waals surface area (Å²) in [6, 6.07) is 3.46. The van der Waals surface area contributed by atoms with E-state index in [2.05, 4.69) is 0 Å². The molecule has 0 saturated heterocycles. The van der Waals surface area contributed by atoms with Crippen molar-refractivity contribution < 1.29 is 23.4 Å². The van der Waals surface area contributed by atoms with E-state index >= 15 is 0 Å². The van der Waals surface area contributed by atoms with E-state index in [1.54, 1.807) is 0 Å². The molecule has 1 unspecified atom stereocenters. The van der Waals surface area contributed by atoms with Gasteiger partial charge in [-0.15, -0.1) is 0 Å². The van der Waals surface area contributed by atoms with Gasteiger partial charge >= 0.3 is 6.18 Å². The molecule has 1 atom stereocenters. The van der Waals surface area contributed by atoms with E-state index in [-0.39, 0.29) is 5.02 Å². The molecule has 6 heteroatoms. The van der Waals surface area contributed by atoms with Crippen molar-refractivity contribution in [2.24, 2.45) is 0 Å². The molecular weight excluding hydrogens is 221 g/mol. The van der Waals surface area contributed by atoms with Gasteiger partial charge in [-0.1, -0.05) is 17.7 Å². The Hall–Kier alpha value is -0.940. The normalized spacial score (nSPS) is 14.1. The van der Waals surface area contributed by atoms with Crippen LogP contribution in [0.3, 0.4) is 0 Å². The number of aliphatic hydroxyl groups excluding tert-OH is 1. The molecule has 78 valence electrons. The first-order chi connectivity index (χ1) is 6.34. The number of aromatic hydroxyl groups is 1. The number of hydrogen-bond acceptors (Lipinski definition) is 2. The zero-order valence-corrected chi connectivity index (χ0v) is 7.47. The van der Waals surface area contributed by atoms with Gasteiger partial charge in [0.2, 0.25) is 0 Å². The van der Waals surface area contributed by atoms with Gasteiger partial charge < -0.3 is 10.2 Å². The number of aliphatic hydroxyl groups is 1. The predicted octanol–water partition coefficient (Wildman–Crippen LogP) is 2.64. The van der Waals surface area contributed by atoms with Crippen LogP contribution in [0.2, 0.25) is 5.02 Å². The lowest BCUT2D eigenvalue weighted by Gasteiger charge is -2.16. The van der Waals surface area contributed by atoms with Crippen molar-refractivity contribution in [1.29, 1.82) is 0 Å². The smallest absolute Gasteiger partial charge is 0.418 e. The Bertz CT molecular complexity index is 318. The van der Waals surface area contributed by atoms with Crippen LogP contribution in [-0.2, 0) is 0 Å². The highest BCUT2D eigenvalue weighted by Crippen LogP contribution is 2.40. The van der Waals surface area contributed by atoms with Gasteiger partial charge in [0.15, 0.2) is 6.10 Å². The highest BCUT2D eigenvalue weighted by molar-refractivity contribution is 6.31. The Morgan fingerprint density at radius 1 is 1.29 bits per heavy atom. The van der Waals surface area contributed by atoms with Gasteiger partial charge in [0.05, 0.1) is 10.6 Å². The summed E-state index contributed by atoms with van der Waals surface area (Å²) in [5.41, 5.74) is -0.721. The summed E-state index contributed by atoms with van der Waals surface area (Å²) in [6.07, 6.45) is -7.61. The highest BCUT2D eigenvalue weighted by atomic mass is 35.5. The molecule has 1 rings (SSSR count). The molecule has 2 nitrogen and oxygen atoms in total. The SMILES string of the molecule is Oc1cccc(Cl)c1C(O)C(F)(F)F. The number of rotatable bonds is 1. The molecule has 0 spiro atoms. The Kier molecular flexibility index (Phi) is 2.92. The van der Waals surface area contributed by atoms with Crippen molar-refractivity contribution in [3.8, 4) is 5.75 Å². The third-order valence-corrected chi connectivity index (χ3v) is 1.94. The van der Waals surface area contributed by atoms with Crippen molar-refractivity contribution in [1.82, 2.24) is 0 Å².